The predicted molar refractivity (Wildman–Crippen MR) is 116 cm³/mol. The summed E-state index contributed by atoms with van der Waals surface area (Å²) in [6.07, 6.45) is 2.25. The van der Waals surface area contributed by atoms with Gasteiger partial charge < -0.3 is 5.32 Å². The van der Waals surface area contributed by atoms with Gasteiger partial charge in [-0.2, -0.15) is 0 Å². The van der Waals surface area contributed by atoms with Crippen molar-refractivity contribution in [1.29, 1.82) is 0 Å². The van der Waals surface area contributed by atoms with Crippen LogP contribution in [0.15, 0.2) is 65.7 Å². The Balaban J connectivity index is 1.41. The van der Waals surface area contributed by atoms with E-state index in [1.54, 1.807) is 0 Å². The molecular weight excluding hydrogens is 376 g/mol. The monoisotopic (exact) mass is 402 g/mol. The zero-order valence-electron chi connectivity index (χ0n) is 17.2. The second-order valence-corrected chi connectivity index (χ2v) is 7.81. The Morgan fingerprint density at radius 1 is 1.07 bits per heavy atom. The van der Waals surface area contributed by atoms with Crippen LogP contribution in [0.25, 0.3) is 0 Å². The Bertz CT molecular complexity index is 1070. The number of benzene rings is 2. The number of carbonyl (C=O) groups is 1. The summed E-state index contributed by atoms with van der Waals surface area (Å²) in [6.45, 7) is 4.72. The first-order chi connectivity index (χ1) is 14.6. The van der Waals surface area contributed by atoms with Gasteiger partial charge >= 0.3 is 0 Å². The standard InChI is InChI=1S/C24H26N4O2/c1-18-7-9-20(10-8-18)14-27-12-11-22-21(15-27)24(30)28(17-26-22)16-23(29)25-13-19-5-3-2-4-6-19/h2-10,17H,11-16H2,1H3,(H,25,29). The van der Waals surface area contributed by atoms with Gasteiger partial charge in [0.05, 0.1) is 17.6 Å². The smallest absolute Gasteiger partial charge is 0.258 e. The van der Waals surface area contributed by atoms with E-state index in [0.29, 0.717) is 18.7 Å². The summed E-state index contributed by atoms with van der Waals surface area (Å²) in [5, 5.41) is 2.86. The molecule has 1 aliphatic rings. The molecule has 1 N–H and O–H groups in total. The summed E-state index contributed by atoms with van der Waals surface area (Å²) >= 11 is 0. The van der Waals surface area contributed by atoms with Gasteiger partial charge in [-0.25, -0.2) is 4.98 Å². The van der Waals surface area contributed by atoms with E-state index in [-0.39, 0.29) is 18.0 Å². The second kappa shape index (κ2) is 9.05. The number of hydrogen-bond donors (Lipinski definition) is 1. The fourth-order valence-corrected chi connectivity index (χ4v) is 3.71. The highest BCUT2D eigenvalue weighted by Crippen LogP contribution is 2.16. The van der Waals surface area contributed by atoms with Crippen LogP contribution in [-0.2, 0) is 37.4 Å². The Hall–Kier alpha value is -3.25. The maximum atomic E-state index is 13.0. The van der Waals surface area contributed by atoms with E-state index in [4.69, 9.17) is 0 Å². The summed E-state index contributed by atoms with van der Waals surface area (Å²) in [5.74, 6) is -0.199. The van der Waals surface area contributed by atoms with Gasteiger partial charge in [0.2, 0.25) is 5.91 Å². The zero-order chi connectivity index (χ0) is 20.9. The van der Waals surface area contributed by atoms with Crippen LogP contribution in [0.2, 0.25) is 0 Å². The molecule has 2 heterocycles. The lowest BCUT2D eigenvalue weighted by atomic mass is 10.1. The van der Waals surface area contributed by atoms with Gasteiger partial charge in [-0.15, -0.1) is 0 Å². The summed E-state index contributed by atoms with van der Waals surface area (Å²) < 4.78 is 1.41. The molecule has 3 aromatic rings. The minimum atomic E-state index is -0.199. The van der Waals surface area contributed by atoms with Crippen molar-refractivity contribution in [1.82, 2.24) is 19.8 Å². The van der Waals surface area contributed by atoms with Crippen molar-refractivity contribution in [2.24, 2.45) is 0 Å². The molecule has 0 saturated heterocycles. The maximum absolute atomic E-state index is 13.0. The Morgan fingerprint density at radius 2 is 1.83 bits per heavy atom. The molecule has 6 nitrogen and oxygen atoms in total. The van der Waals surface area contributed by atoms with E-state index in [0.717, 1.165) is 30.8 Å². The van der Waals surface area contributed by atoms with Crippen LogP contribution in [-0.4, -0.2) is 26.9 Å². The van der Waals surface area contributed by atoms with Crippen LogP contribution in [0.1, 0.15) is 27.9 Å². The number of nitrogens with zero attached hydrogens (tertiary/aromatic N) is 3. The van der Waals surface area contributed by atoms with Crippen molar-refractivity contribution in [2.45, 2.75) is 39.5 Å². The molecule has 0 spiro atoms. The third-order valence-electron chi connectivity index (χ3n) is 5.44. The Morgan fingerprint density at radius 3 is 2.60 bits per heavy atom. The van der Waals surface area contributed by atoms with E-state index in [1.165, 1.54) is 22.0 Å². The van der Waals surface area contributed by atoms with E-state index >= 15 is 0 Å². The summed E-state index contributed by atoms with van der Waals surface area (Å²) in [7, 11) is 0. The fraction of sp³-hybridized carbons (Fsp3) is 0.292. The number of carbonyl (C=O) groups excluding carboxylic acids is 1. The van der Waals surface area contributed by atoms with Gasteiger partial charge in [0.25, 0.3) is 5.56 Å². The number of nitrogens with one attached hydrogen (secondary N) is 1. The molecule has 0 saturated carbocycles. The largest absolute Gasteiger partial charge is 0.350 e. The molecule has 0 unspecified atom stereocenters. The average molecular weight is 402 g/mol. The molecule has 4 rings (SSSR count). The zero-order valence-corrected chi connectivity index (χ0v) is 17.2. The number of rotatable bonds is 6. The Kier molecular flexibility index (Phi) is 6.05. The topological polar surface area (TPSA) is 67.2 Å². The lowest BCUT2D eigenvalue weighted by molar-refractivity contribution is -0.121. The van der Waals surface area contributed by atoms with Gasteiger partial charge in [0, 0.05) is 32.6 Å². The SMILES string of the molecule is Cc1ccc(CN2CCc3ncn(CC(=O)NCc4ccccc4)c(=O)c3C2)cc1. The van der Waals surface area contributed by atoms with Crippen molar-refractivity contribution in [3.63, 3.8) is 0 Å². The molecule has 154 valence electrons. The molecule has 0 atom stereocenters. The van der Waals surface area contributed by atoms with Crippen molar-refractivity contribution >= 4 is 5.91 Å². The Labute approximate surface area is 176 Å². The molecule has 0 aliphatic carbocycles. The highest BCUT2D eigenvalue weighted by atomic mass is 16.2. The molecule has 0 fully saturated rings. The van der Waals surface area contributed by atoms with Crippen molar-refractivity contribution in [3.8, 4) is 0 Å². The average Bonchev–Trinajstić information content (AvgIpc) is 2.77. The third kappa shape index (κ3) is 4.83. The van der Waals surface area contributed by atoms with Crippen LogP contribution >= 0.6 is 0 Å². The molecule has 1 aromatic heterocycles. The molecule has 30 heavy (non-hydrogen) atoms. The van der Waals surface area contributed by atoms with Crippen molar-refractivity contribution in [2.75, 3.05) is 6.54 Å². The number of aryl methyl sites for hydroxylation is 1. The van der Waals surface area contributed by atoms with E-state index < -0.39 is 0 Å². The number of hydrogen-bond acceptors (Lipinski definition) is 4. The van der Waals surface area contributed by atoms with Gasteiger partial charge in [-0.1, -0.05) is 60.2 Å². The highest BCUT2D eigenvalue weighted by Gasteiger charge is 2.22. The molecule has 0 bridgehead atoms. The predicted octanol–water partition coefficient (Wildman–Crippen LogP) is 2.43. The lowest BCUT2D eigenvalue weighted by Gasteiger charge is -2.28. The van der Waals surface area contributed by atoms with Crippen LogP contribution < -0.4 is 10.9 Å². The summed E-state index contributed by atoms with van der Waals surface area (Å²) in [5.41, 5.74) is 4.92. The van der Waals surface area contributed by atoms with E-state index in [2.05, 4.69) is 46.4 Å². The lowest BCUT2D eigenvalue weighted by Crippen LogP contribution is -2.39. The minimum absolute atomic E-state index is 0.0239. The normalized spacial score (nSPS) is 13.6. The van der Waals surface area contributed by atoms with E-state index in [9.17, 15) is 9.59 Å². The van der Waals surface area contributed by atoms with Crippen LogP contribution in [0.5, 0.6) is 0 Å². The number of fused-ring (bicyclic) bond motifs is 1. The minimum Gasteiger partial charge on any atom is -0.350 e. The molecule has 1 aliphatic heterocycles. The van der Waals surface area contributed by atoms with Crippen molar-refractivity contribution < 1.29 is 4.79 Å². The quantitative estimate of drug-likeness (QED) is 0.688. The fourth-order valence-electron chi connectivity index (χ4n) is 3.71. The first-order valence-corrected chi connectivity index (χ1v) is 10.2. The number of amides is 1. The first-order valence-electron chi connectivity index (χ1n) is 10.2. The third-order valence-corrected chi connectivity index (χ3v) is 5.44. The highest BCUT2D eigenvalue weighted by molar-refractivity contribution is 5.75. The molecule has 1 amide bonds. The van der Waals surface area contributed by atoms with Crippen LogP contribution in [0.3, 0.4) is 0 Å². The maximum Gasteiger partial charge on any atom is 0.258 e. The summed E-state index contributed by atoms with van der Waals surface area (Å²) in [4.78, 5) is 32.0. The molecule has 6 heteroatoms. The van der Waals surface area contributed by atoms with Gasteiger partial charge in [0.1, 0.15) is 6.54 Å². The van der Waals surface area contributed by atoms with Gasteiger partial charge in [-0.3, -0.25) is 19.1 Å². The van der Waals surface area contributed by atoms with Crippen molar-refractivity contribution in [3.05, 3.63) is 99.2 Å². The summed E-state index contributed by atoms with van der Waals surface area (Å²) in [6, 6.07) is 18.2. The van der Waals surface area contributed by atoms with Gasteiger partial charge in [-0.05, 0) is 18.1 Å². The second-order valence-electron chi connectivity index (χ2n) is 7.81. The number of aromatic nitrogens is 2. The molecule has 2 aromatic carbocycles. The molecule has 0 radical (unpaired) electrons. The first kappa shape index (κ1) is 20.0. The molecular formula is C24H26N4O2. The van der Waals surface area contributed by atoms with E-state index in [1.807, 2.05) is 30.3 Å². The van der Waals surface area contributed by atoms with Crippen LogP contribution in [0, 0.1) is 6.92 Å². The van der Waals surface area contributed by atoms with Gasteiger partial charge in [0.15, 0.2) is 0 Å². The van der Waals surface area contributed by atoms with Crippen LogP contribution in [0.4, 0.5) is 0 Å².